The lowest BCUT2D eigenvalue weighted by Gasteiger charge is -2.10. The summed E-state index contributed by atoms with van der Waals surface area (Å²) in [5.41, 5.74) is 0. The zero-order valence-corrected chi connectivity index (χ0v) is 9.62. The van der Waals surface area contributed by atoms with Crippen molar-refractivity contribution in [2.75, 3.05) is 27.2 Å². The highest BCUT2D eigenvalue weighted by atomic mass is 16.4. The molecule has 0 radical (unpaired) electrons. The van der Waals surface area contributed by atoms with Gasteiger partial charge in [0.2, 0.25) is 5.91 Å². The fraction of sp³-hybridized carbons (Fsp3) is 0.800. The lowest BCUT2D eigenvalue weighted by molar-refractivity contribution is -0.143. The van der Waals surface area contributed by atoms with Gasteiger partial charge in [0.15, 0.2) is 0 Å². The minimum Gasteiger partial charge on any atom is -0.481 e. The van der Waals surface area contributed by atoms with Gasteiger partial charge < -0.3 is 15.3 Å². The highest BCUT2D eigenvalue weighted by molar-refractivity contribution is 5.81. The van der Waals surface area contributed by atoms with Crippen LogP contribution in [0, 0.1) is 5.92 Å². The molecule has 0 heterocycles. The second-order valence-corrected chi connectivity index (χ2v) is 3.95. The molecule has 1 atom stereocenters. The van der Waals surface area contributed by atoms with Crippen molar-refractivity contribution in [3.05, 3.63) is 0 Å². The Kier molecular flexibility index (Phi) is 6.70. The van der Waals surface area contributed by atoms with Crippen molar-refractivity contribution in [1.82, 2.24) is 10.2 Å². The molecule has 15 heavy (non-hydrogen) atoms. The van der Waals surface area contributed by atoms with Crippen LogP contribution in [-0.2, 0) is 9.59 Å². The predicted octanol–water partition coefficient (Wildman–Crippen LogP) is 0.165. The number of hydrogen-bond acceptors (Lipinski definition) is 3. The average molecular weight is 216 g/mol. The van der Waals surface area contributed by atoms with Gasteiger partial charge in [-0.1, -0.05) is 6.92 Å². The topological polar surface area (TPSA) is 69.6 Å². The zero-order valence-electron chi connectivity index (χ0n) is 9.62. The fourth-order valence-corrected chi connectivity index (χ4v) is 1.06. The summed E-state index contributed by atoms with van der Waals surface area (Å²) >= 11 is 0. The Morgan fingerprint density at radius 1 is 1.40 bits per heavy atom. The Balaban J connectivity index is 3.54. The summed E-state index contributed by atoms with van der Waals surface area (Å²) in [6.45, 7) is 3.04. The maximum absolute atomic E-state index is 11.2. The van der Waals surface area contributed by atoms with Crippen LogP contribution in [0.15, 0.2) is 0 Å². The maximum atomic E-state index is 11.2. The first-order valence-corrected chi connectivity index (χ1v) is 5.07. The monoisotopic (exact) mass is 216 g/mol. The normalized spacial score (nSPS) is 12.5. The molecule has 0 fully saturated rings. The number of carboxylic acids is 1. The second-order valence-electron chi connectivity index (χ2n) is 3.95. The molecular formula is C10H20N2O3. The van der Waals surface area contributed by atoms with Crippen LogP contribution < -0.4 is 5.32 Å². The number of hydrogen-bond donors (Lipinski definition) is 2. The number of nitrogens with one attached hydrogen (secondary N) is 1. The summed E-state index contributed by atoms with van der Waals surface area (Å²) in [6.07, 6.45) is 0.928. The number of rotatable bonds is 7. The Morgan fingerprint density at radius 3 is 2.47 bits per heavy atom. The quantitative estimate of drug-likeness (QED) is 0.595. The van der Waals surface area contributed by atoms with E-state index >= 15 is 0 Å². The Hall–Kier alpha value is -1.10. The fourth-order valence-electron chi connectivity index (χ4n) is 1.06. The van der Waals surface area contributed by atoms with Crippen LogP contribution in [0.5, 0.6) is 0 Å². The van der Waals surface area contributed by atoms with Crippen molar-refractivity contribution in [2.45, 2.75) is 19.8 Å². The van der Waals surface area contributed by atoms with Gasteiger partial charge in [-0.05, 0) is 27.1 Å². The summed E-state index contributed by atoms with van der Waals surface area (Å²) in [6, 6.07) is 0. The molecule has 0 spiro atoms. The molecule has 2 N–H and O–H groups in total. The molecule has 0 saturated heterocycles. The SMILES string of the molecule is CC(CC(=O)NCCCN(C)C)C(=O)O. The molecular weight excluding hydrogens is 196 g/mol. The lowest BCUT2D eigenvalue weighted by Crippen LogP contribution is -2.29. The highest BCUT2D eigenvalue weighted by Crippen LogP contribution is 2.00. The predicted molar refractivity (Wildman–Crippen MR) is 57.6 cm³/mol. The van der Waals surface area contributed by atoms with Crippen LogP contribution >= 0.6 is 0 Å². The van der Waals surface area contributed by atoms with Crippen molar-refractivity contribution in [3.8, 4) is 0 Å². The van der Waals surface area contributed by atoms with Crippen LogP contribution in [0.25, 0.3) is 0 Å². The smallest absolute Gasteiger partial charge is 0.306 e. The molecule has 88 valence electrons. The first-order valence-electron chi connectivity index (χ1n) is 5.07. The number of nitrogens with zero attached hydrogens (tertiary/aromatic N) is 1. The van der Waals surface area contributed by atoms with E-state index in [9.17, 15) is 9.59 Å². The zero-order chi connectivity index (χ0) is 11.8. The Bertz CT molecular complexity index is 217. The third-order valence-corrected chi connectivity index (χ3v) is 2.02. The maximum Gasteiger partial charge on any atom is 0.306 e. The molecule has 0 aromatic rings. The van der Waals surface area contributed by atoms with E-state index in [1.807, 2.05) is 19.0 Å². The van der Waals surface area contributed by atoms with E-state index in [1.165, 1.54) is 6.92 Å². The van der Waals surface area contributed by atoms with Crippen molar-refractivity contribution in [1.29, 1.82) is 0 Å². The lowest BCUT2D eigenvalue weighted by atomic mass is 10.1. The van der Waals surface area contributed by atoms with Crippen LogP contribution in [-0.4, -0.2) is 49.1 Å². The average Bonchev–Trinajstić information content (AvgIpc) is 2.12. The van der Waals surface area contributed by atoms with Gasteiger partial charge >= 0.3 is 5.97 Å². The minimum atomic E-state index is -0.932. The van der Waals surface area contributed by atoms with Crippen LogP contribution in [0.3, 0.4) is 0 Å². The van der Waals surface area contributed by atoms with E-state index in [4.69, 9.17) is 5.11 Å². The summed E-state index contributed by atoms with van der Waals surface area (Å²) in [4.78, 5) is 23.7. The van der Waals surface area contributed by atoms with Crippen molar-refractivity contribution in [3.63, 3.8) is 0 Å². The van der Waals surface area contributed by atoms with Gasteiger partial charge in [-0.2, -0.15) is 0 Å². The number of carbonyl (C=O) groups excluding carboxylic acids is 1. The van der Waals surface area contributed by atoms with Crippen molar-refractivity contribution in [2.24, 2.45) is 5.92 Å². The second kappa shape index (κ2) is 7.23. The van der Waals surface area contributed by atoms with E-state index in [0.717, 1.165) is 13.0 Å². The van der Waals surface area contributed by atoms with Crippen molar-refractivity contribution >= 4 is 11.9 Å². The van der Waals surface area contributed by atoms with Gasteiger partial charge in [-0.3, -0.25) is 9.59 Å². The van der Waals surface area contributed by atoms with Crippen molar-refractivity contribution < 1.29 is 14.7 Å². The Labute approximate surface area is 90.5 Å². The van der Waals surface area contributed by atoms with Gasteiger partial charge in [0.25, 0.3) is 0 Å². The molecule has 0 aliphatic heterocycles. The molecule has 0 saturated carbocycles. The van der Waals surface area contributed by atoms with E-state index in [0.29, 0.717) is 6.54 Å². The molecule has 0 aromatic carbocycles. The molecule has 0 bridgehead atoms. The van der Waals surface area contributed by atoms with Gasteiger partial charge in [0, 0.05) is 13.0 Å². The molecule has 5 heteroatoms. The summed E-state index contributed by atoms with van der Waals surface area (Å²) in [5.74, 6) is -1.74. The van der Waals surface area contributed by atoms with Gasteiger partial charge in [0.05, 0.1) is 5.92 Å². The number of amides is 1. The molecule has 5 nitrogen and oxygen atoms in total. The summed E-state index contributed by atoms with van der Waals surface area (Å²) in [5, 5.41) is 11.3. The molecule has 0 rings (SSSR count). The molecule has 1 amide bonds. The van der Waals surface area contributed by atoms with Gasteiger partial charge in [0.1, 0.15) is 0 Å². The molecule has 0 aliphatic carbocycles. The summed E-state index contributed by atoms with van der Waals surface area (Å²) in [7, 11) is 3.93. The number of aliphatic carboxylic acids is 1. The van der Waals surface area contributed by atoms with Crippen LogP contribution in [0.2, 0.25) is 0 Å². The number of carboxylic acid groups (broad SMARTS) is 1. The largest absolute Gasteiger partial charge is 0.481 e. The first-order chi connectivity index (χ1) is 6.93. The third kappa shape index (κ3) is 7.93. The van der Waals surface area contributed by atoms with Crippen LogP contribution in [0.4, 0.5) is 0 Å². The summed E-state index contributed by atoms with van der Waals surface area (Å²) < 4.78 is 0. The first kappa shape index (κ1) is 13.9. The van der Waals surface area contributed by atoms with Gasteiger partial charge in [-0.15, -0.1) is 0 Å². The molecule has 1 unspecified atom stereocenters. The molecule has 0 aromatic heterocycles. The van der Waals surface area contributed by atoms with E-state index in [2.05, 4.69) is 5.32 Å². The van der Waals surface area contributed by atoms with Crippen LogP contribution in [0.1, 0.15) is 19.8 Å². The van der Waals surface area contributed by atoms with Gasteiger partial charge in [-0.25, -0.2) is 0 Å². The standard InChI is InChI=1S/C10H20N2O3/c1-8(10(14)15)7-9(13)11-5-4-6-12(2)3/h8H,4-7H2,1-3H3,(H,11,13)(H,14,15). The molecule has 0 aliphatic rings. The number of carbonyl (C=O) groups is 2. The Morgan fingerprint density at radius 2 is 2.00 bits per heavy atom. The third-order valence-electron chi connectivity index (χ3n) is 2.02. The highest BCUT2D eigenvalue weighted by Gasteiger charge is 2.14. The van der Waals surface area contributed by atoms with E-state index < -0.39 is 11.9 Å². The van der Waals surface area contributed by atoms with E-state index in [-0.39, 0.29) is 12.3 Å². The minimum absolute atomic E-state index is 0.0529. The van der Waals surface area contributed by atoms with E-state index in [1.54, 1.807) is 0 Å².